The third-order valence-electron chi connectivity index (χ3n) is 5.30. The van der Waals surface area contributed by atoms with Crippen molar-refractivity contribution in [1.82, 2.24) is 4.57 Å². The van der Waals surface area contributed by atoms with Crippen LogP contribution in [0.4, 0.5) is 5.69 Å². The monoisotopic (exact) mass is 496 g/mol. The number of amides is 1. The first-order valence-corrected chi connectivity index (χ1v) is 12.1. The molecular weight excluding hydrogens is 476 g/mol. The second-order valence-corrected chi connectivity index (χ2v) is 10.1. The fourth-order valence-electron chi connectivity index (χ4n) is 3.58. The number of hydrogen-bond donors (Lipinski definition) is 1. The lowest BCUT2D eigenvalue weighted by Crippen LogP contribution is -2.24. The van der Waals surface area contributed by atoms with E-state index in [0.717, 1.165) is 5.56 Å². The van der Waals surface area contributed by atoms with Crippen LogP contribution < -0.4 is 15.5 Å². The lowest BCUT2D eigenvalue weighted by molar-refractivity contribution is -0.116. The molecule has 0 aliphatic rings. The van der Waals surface area contributed by atoms with Crippen molar-refractivity contribution in [2.45, 2.75) is 23.3 Å². The minimum absolute atomic E-state index is 0.0467. The Kier molecular flexibility index (Phi) is 6.45. The van der Waals surface area contributed by atoms with Gasteiger partial charge >= 0.3 is 0 Å². The van der Waals surface area contributed by atoms with E-state index in [2.05, 4.69) is 5.32 Å². The van der Waals surface area contributed by atoms with Gasteiger partial charge in [-0.2, -0.15) is 0 Å². The second kappa shape index (κ2) is 9.32. The van der Waals surface area contributed by atoms with Crippen LogP contribution in [-0.2, 0) is 21.2 Å². The fourth-order valence-corrected chi connectivity index (χ4v) is 5.07. The molecule has 0 aliphatic heterocycles. The Morgan fingerprint density at radius 2 is 1.71 bits per heavy atom. The Morgan fingerprint density at radius 1 is 1.03 bits per heavy atom. The van der Waals surface area contributed by atoms with E-state index in [-0.39, 0.29) is 22.7 Å². The fraction of sp³-hybridized carbons (Fsp3) is 0.120. The van der Waals surface area contributed by atoms with Crippen molar-refractivity contribution in [1.29, 1.82) is 0 Å². The van der Waals surface area contributed by atoms with Crippen molar-refractivity contribution in [2.75, 3.05) is 12.4 Å². The number of aryl methyl sites for hydroxylation is 1. The molecule has 1 heterocycles. The number of benzene rings is 3. The number of nitrogens with one attached hydrogen (secondary N) is 1. The molecule has 174 valence electrons. The van der Waals surface area contributed by atoms with Gasteiger partial charge in [-0.1, -0.05) is 23.2 Å². The molecule has 0 fully saturated rings. The number of pyridine rings is 1. The van der Waals surface area contributed by atoms with Gasteiger partial charge in [0, 0.05) is 22.3 Å². The number of nitrogens with zero attached hydrogens (tertiary/aromatic N) is 1. The summed E-state index contributed by atoms with van der Waals surface area (Å²) in [4.78, 5) is 25.6. The van der Waals surface area contributed by atoms with Gasteiger partial charge in [0.1, 0.15) is 17.2 Å². The minimum Gasteiger partial charge on any atom is -0.497 e. The number of methoxy groups -OCH3 is 1. The van der Waals surface area contributed by atoms with Crippen LogP contribution in [-0.4, -0.2) is 26.0 Å². The van der Waals surface area contributed by atoms with Gasteiger partial charge in [-0.3, -0.25) is 9.59 Å². The van der Waals surface area contributed by atoms with E-state index in [9.17, 15) is 18.0 Å². The molecule has 0 spiro atoms. The van der Waals surface area contributed by atoms with E-state index in [4.69, 9.17) is 16.3 Å². The molecular formula is C25H21ClN2O5S. The maximum Gasteiger partial charge on any atom is 0.244 e. The summed E-state index contributed by atoms with van der Waals surface area (Å²) in [6.07, 6.45) is 1.22. The van der Waals surface area contributed by atoms with Gasteiger partial charge in [-0.15, -0.1) is 0 Å². The summed E-state index contributed by atoms with van der Waals surface area (Å²) in [7, 11) is -2.68. The molecule has 0 unspecified atom stereocenters. The molecule has 1 N–H and O–H groups in total. The average Bonchev–Trinajstić information content (AvgIpc) is 2.82. The molecule has 1 aromatic heterocycles. The molecule has 7 nitrogen and oxygen atoms in total. The summed E-state index contributed by atoms with van der Waals surface area (Å²) in [6, 6.07) is 17.5. The first kappa shape index (κ1) is 23.5. The predicted octanol–water partition coefficient (Wildman–Crippen LogP) is 4.44. The first-order chi connectivity index (χ1) is 16.2. The highest BCUT2D eigenvalue weighted by Crippen LogP contribution is 2.24. The highest BCUT2D eigenvalue weighted by Gasteiger charge is 2.24. The molecule has 4 aromatic rings. The van der Waals surface area contributed by atoms with Crippen molar-refractivity contribution in [3.8, 4) is 5.75 Å². The second-order valence-electron chi connectivity index (χ2n) is 7.71. The normalized spacial score (nSPS) is 11.4. The number of sulfone groups is 1. The van der Waals surface area contributed by atoms with Gasteiger partial charge in [-0.25, -0.2) is 8.42 Å². The predicted molar refractivity (Wildman–Crippen MR) is 131 cm³/mol. The maximum atomic E-state index is 13.4. The number of aromatic nitrogens is 1. The number of carbonyl (C=O) groups excluding carboxylic acids is 1. The van der Waals surface area contributed by atoms with Gasteiger partial charge in [0.2, 0.25) is 21.2 Å². The summed E-state index contributed by atoms with van der Waals surface area (Å²) < 4.78 is 33.3. The van der Waals surface area contributed by atoms with Gasteiger partial charge in [0.25, 0.3) is 0 Å². The summed E-state index contributed by atoms with van der Waals surface area (Å²) in [5, 5.41) is 3.50. The van der Waals surface area contributed by atoms with Crippen molar-refractivity contribution in [3.63, 3.8) is 0 Å². The van der Waals surface area contributed by atoms with Crippen LogP contribution in [0.3, 0.4) is 0 Å². The van der Waals surface area contributed by atoms with Crippen LogP contribution in [0.2, 0.25) is 5.02 Å². The van der Waals surface area contributed by atoms with E-state index in [1.807, 2.05) is 0 Å². The molecule has 9 heteroatoms. The van der Waals surface area contributed by atoms with Crippen LogP contribution >= 0.6 is 11.6 Å². The minimum atomic E-state index is -4.16. The molecule has 0 aliphatic carbocycles. The van der Waals surface area contributed by atoms with Gasteiger partial charge in [-0.05, 0) is 67.6 Å². The number of hydrogen-bond acceptors (Lipinski definition) is 5. The molecule has 3 aromatic carbocycles. The van der Waals surface area contributed by atoms with Crippen LogP contribution in [0.5, 0.6) is 5.75 Å². The number of halogens is 1. The zero-order valence-electron chi connectivity index (χ0n) is 18.4. The zero-order valence-corrected chi connectivity index (χ0v) is 20.0. The summed E-state index contributed by atoms with van der Waals surface area (Å²) in [5.74, 6) is 0.102. The maximum absolute atomic E-state index is 13.4. The van der Waals surface area contributed by atoms with Gasteiger partial charge in [0.05, 0.1) is 17.5 Å². The third kappa shape index (κ3) is 4.69. The van der Waals surface area contributed by atoms with Crippen molar-refractivity contribution >= 4 is 43.9 Å². The van der Waals surface area contributed by atoms with Gasteiger partial charge in [0.15, 0.2) is 0 Å². The summed E-state index contributed by atoms with van der Waals surface area (Å²) >= 11 is 5.89. The topological polar surface area (TPSA) is 94.5 Å². The molecule has 0 saturated heterocycles. The van der Waals surface area contributed by atoms with Crippen molar-refractivity contribution < 1.29 is 17.9 Å². The SMILES string of the molecule is COc1ccc(S(=O)(=O)c2cn(CC(=O)Nc3ccc(Cl)cc3)c3ccc(C)cc3c2=O)cc1. The summed E-state index contributed by atoms with van der Waals surface area (Å²) in [6.45, 7) is 1.61. The molecule has 1 amide bonds. The van der Waals surface area contributed by atoms with Gasteiger partial charge < -0.3 is 14.6 Å². The number of ether oxygens (including phenoxy) is 1. The Bertz CT molecular complexity index is 1540. The molecule has 4 rings (SSSR count). The van der Waals surface area contributed by atoms with Crippen LogP contribution in [0, 0.1) is 6.92 Å². The lowest BCUT2D eigenvalue weighted by atomic mass is 10.1. The summed E-state index contributed by atoms with van der Waals surface area (Å²) in [5.41, 5.74) is 1.17. The van der Waals surface area contributed by atoms with E-state index < -0.39 is 20.2 Å². The molecule has 34 heavy (non-hydrogen) atoms. The largest absolute Gasteiger partial charge is 0.497 e. The quantitative estimate of drug-likeness (QED) is 0.426. The van der Waals surface area contributed by atoms with E-state index in [1.54, 1.807) is 49.4 Å². The molecule has 0 atom stereocenters. The molecule has 0 radical (unpaired) electrons. The Labute approximate surface area is 201 Å². The standard InChI is InChI=1S/C25H21ClN2O5S/c1-16-3-12-22-21(13-16)25(30)23(34(31,32)20-10-8-19(33-2)9-11-20)14-28(22)15-24(29)27-18-6-4-17(26)5-7-18/h3-14H,15H2,1-2H3,(H,27,29). The molecule has 0 bridgehead atoms. The van der Waals surface area contributed by atoms with E-state index in [1.165, 1.54) is 42.1 Å². The highest BCUT2D eigenvalue weighted by atomic mass is 35.5. The smallest absolute Gasteiger partial charge is 0.244 e. The Morgan fingerprint density at radius 3 is 2.35 bits per heavy atom. The van der Waals surface area contributed by atoms with Crippen molar-refractivity contribution in [3.05, 3.63) is 93.7 Å². The highest BCUT2D eigenvalue weighted by molar-refractivity contribution is 7.91. The Balaban J connectivity index is 1.80. The van der Waals surface area contributed by atoms with Crippen molar-refractivity contribution in [2.24, 2.45) is 0 Å². The number of carbonyl (C=O) groups is 1. The van der Waals surface area contributed by atoms with Crippen LogP contribution in [0.15, 0.2) is 87.5 Å². The Hall–Kier alpha value is -3.62. The van der Waals surface area contributed by atoms with Crippen LogP contribution in [0.25, 0.3) is 10.9 Å². The number of rotatable bonds is 6. The van der Waals surface area contributed by atoms with E-state index in [0.29, 0.717) is 22.0 Å². The average molecular weight is 497 g/mol. The third-order valence-corrected chi connectivity index (χ3v) is 7.32. The number of anilines is 1. The zero-order chi connectivity index (χ0) is 24.5. The number of fused-ring (bicyclic) bond motifs is 1. The molecule has 0 saturated carbocycles. The lowest BCUT2D eigenvalue weighted by Gasteiger charge is -2.15. The van der Waals surface area contributed by atoms with Crippen LogP contribution in [0.1, 0.15) is 5.56 Å². The first-order valence-electron chi connectivity index (χ1n) is 10.3. The van der Waals surface area contributed by atoms with E-state index >= 15 is 0 Å².